The van der Waals surface area contributed by atoms with E-state index < -0.39 is 0 Å². The number of rotatable bonds is 14. The third-order valence-electron chi connectivity index (χ3n) is 19.4. The average molecular weight is 1370 g/mol. The van der Waals surface area contributed by atoms with Gasteiger partial charge >= 0.3 is 0 Å². The van der Waals surface area contributed by atoms with Crippen LogP contribution in [-0.4, -0.2) is 73.3 Å². The molecule has 0 aliphatic carbocycles. The second-order valence-electron chi connectivity index (χ2n) is 37.2. The number of aromatic hydroxyl groups is 4. The van der Waals surface area contributed by atoms with E-state index in [4.69, 9.17) is 37.9 Å². The van der Waals surface area contributed by atoms with E-state index in [1.54, 1.807) is 0 Å². The fourth-order valence-corrected chi connectivity index (χ4v) is 13.0. The monoisotopic (exact) mass is 1370 g/mol. The van der Waals surface area contributed by atoms with E-state index in [0.29, 0.717) is 46.7 Å². The minimum Gasteiger partial charge on any atom is -0.507 e. The molecule has 4 saturated heterocycles. The molecule has 4 N–H and O–H groups in total. The molecule has 4 aromatic carbocycles. The number of unbranched alkanes of at least 4 members (excludes halogenated alkanes) is 3. The second-order valence-corrected chi connectivity index (χ2v) is 37.2. The Morgan fingerprint density at radius 1 is 0.255 bits per heavy atom. The predicted octanol–water partition coefficient (Wildman–Crippen LogP) is 22.6. The van der Waals surface area contributed by atoms with Crippen LogP contribution in [0.15, 0.2) is 48.5 Å². The zero-order chi connectivity index (χ0) is 73.9. The van der Waals surface area contributed by atoms with Gasteiger partial charge in [0.05, 0.1) is 52.9 Å². The molecule has 0 bridgehead atoms. The molecule has 8 rings (SSSR count). The number of benzene rings is 4. The van der Waals surface area contributed by atoms with E-state index in [2.05, 4.69) is 230 Å². The highest BCUT2D eigenvalue weighted by Crippen LogP contribution is 2.47. The summed E-state index contributed by atoms with van der Waals surface area (Å²) in [5, 5.41) is 43.3. The summed E-state index contributed by atoms with van der Waals surface area (Å²) in [6, 6.07) is 16.4. The minimum atomic E-state index is -0.333. The van der Waals surface area contributed by atoms with E-state index >= 15 is 0 Å². The van der Waals surface area contributed by atoms with Gasteiger partial charge in [-0.1, -0.05) is 232 Å². The van der Waals surface area contributed by atoms with E-state index in [0.717, 1.165) is 139 Å². The van der Waals surface area contributed by atoms with Crippen LogP contribution in [0.5, 0.6) is 23.0 Å². The largest absolute Gasteiger partial charge is 0.507 e. The maximum absolute atomic E-state index is 10.9. The molecule has 0 unspecified atom stereocenters. The number of hydrogen-bond acceptors (Lipinski definition) is 12. The normalized spacial score (nSPS) is 22.4. The zero-order valence-electron chi connectivity index (χ0n) is 67.0. The summed E-state index contributed by atoms with van der Waals surface area (Å²) in [6.07, 6.45) is 10.6. The van der Waals surface area contributed by atoms with Gasteiger partial charge in [0.1, 0.15) is 23.0 Å². The number of ether oxygens (including phenoxy) is 8. The van der Waals surface area contributed by atoms with Crippen molar-refractivity contribution in [1.29, 1.82) is 0 Å². The first kappa shape index (κ1) is 84.4. The first-order valence-electron chi connectivity index (χ1n) is 37.6. The third-order valence-corrected chi connectivity index (χ3v) is 19.4. The van der Waals surface area contributed by atoms with Crippen molar-refractivity contribution in [2.45, 2.75) is 327 Å². The van der Waals surface area contributed by atoms with Crippen molar-refractivity contribution in [2.24, 2.45) is 23.7 Å². The molecular weight excluding hydrogens is 1220 g/mol. The molecule has 0 amide bonds. The molecule has 4 fully saturated rings. The highest BCUT2D eigenvalue weighted by atomic mass is 16.7. The summed E-state index contributed by atoms with van der Waals surface area (Å²) in [5.74, 6) is 3.58. The predicted molar refractivity (Wildman–Crippen MR) is 403 cm³/mol. The van der Waals surface area contributed by atoms with Crippen LogP contribution in [-0.2, 0) is 81.2 Å². The quantitative estimate of drug-likeness (QED) is 0.0889. The van der Waals surface area contributed by atoms with Gasteiger partial charge in [-0.2, -0.15) is 0 Å². The molecule has 12 nitrogen and oxygen atoms in total. The van der Waals surface area contributed by atoms with Gasteiger partial charge in [-0.05, 0) is 162 Å². The van der Waals surface area contributed by atoms with Crippen molar-refractivity contribution in [2.75, 3.05) is 52.9 Å². The fourth-order valence-electron chi connectivity index (χ4n) is 13.0. The van der Waals surface area contributed by atoms with Crippen LogP contribution in [0.3, 0.4) is 0 Å². The first-order valence-corrected chi connectivity index (χ1v) is 37.6. The Morgan fingerprint density at radius 2 is 0.439 bits per heavy atom. The van der Waals surface area contributed by atoms with Crippen molar-refractivity contribution < 1.29 is 58.3 Å². The number of phenols is 4. The molecule has 556 valence electrons. The molecule has 12 heteroatoms. The van der Waals surface area contributed by atoms with Crippen LogP contribution >= 0.6 is 0 Å². The highest BCUT2D eigenvalue weighted by molar-refractivity contribution is 5.53. The standard InChI is InChI=1S/C23H38O3.C22H36O3.C21H34O3.C20H32O3/c1-8-9-10-11-16-14-25-21(26-15-16)17-12-18(22(2,3)4)20(24)19(13-17)23(5,6)7;1-8-9-10-15-13-24-20(25-14-15)16-11-17(21(2,3)4)19(23)18(12-16)22(5,6)7;1-8-9-14-12-23-19(24-13-14)15-10-16(20(2,3)4)18(22)17(11-15)21(5,6)7;1-8-13-11-22-18(23-12-13)14-9-15(19(2,3)4)17(21)16(10-14)20(5,6)7/h12-13,16,21,24H,8-11,14-15H2,1-7H3;11-12,15,20,23H,8-10,13-14H2,1-7H3;10-11,14,19,22H,8-9,12-13H2,1-7H3;9-10,13,18,21H,8,11-12H2,1-7H3. The summed E-state index contributed by atoms with van der Waals surface area (Å²) in [4.78, 5) is 0. The van der Waals surface area contributed by atoms with Crippen LogP contribution < -0.4 is 0 Å². The molecule has 4 aliphatic rings. The highest BCUT2D eigenvalue weighted by Gasteiger charge is 2.36. The van der Waals surface area contributed by atoms with Crippen LogP contribution in [0.1, 0.15) is 350 Å². The van der Waals surface area contributed by atoms with Gasteiger partial charge in [-0.3, -0.25) is 0 Å². The summed E-state index contributed by atoms with van der Waals surface area (Å²) in [5.41, 5.74) is 10.6. The molecule has 0 radical (unpaired) electrons. The molecule has 0 spiro atoms. The maximum Gasteiger partial charge on any atom is 0.183 e. The summed E-state index contributed by atoms with van der Waals surface area (Å²) >= 11 is 0. The molecule has 0 aromatic heterocycles. The molecule has 98 heavy (non-hydrogen) atoms. The van der Waals surface area contributed by atoms with Crippen LogP contribution in [0.25, 0.3) is 0 Å². The Labute approximate surface area is 596 Å². The van der Waals surface area contributed by atoms with Crippen LogP contribution in [0.2, 0.25) is 0 Å². The fraction of sp³-hybridized carbons (Fsp3) is 0.721. The molecule has 0 atom stereocenters. The first-order chi connectivity index (χ1) is 45.1. The van der Waals surface area contributed by atoms with E-state index in [1.165, 1.54) is 44.9 Å². The minimum absolute atomic E-state index is 0.138. The topological polar surface area (TPSA) is 155 Å². The average Bonchev–Trinajstić information content (AvgIpc) is 0.796. The van der Waals surface area contributed by atoms with Crippen molar-refractivity contribution in [3.63, 3.8) is 0 Å². The molecule has 4 aromatic rings. The molecular formula is C86H140O12. The zero-order valence-corrected chi connectivity index (χ0v) is 67.0. The van der Waals surface area contributed by atoms with Crippen molar-refractivity contribution in [3.05, 3.63) is 115 Å². The lowest BCUT2D eigenvalue weighted by molar-refractivity contribution is -0.206. The van der Waals surface area contributed by atoms with Gasteiger partial charge in [0, 0.05) is 45.9 Å². The Hall–Kier alpha value is -4.24. The van der Waals surface area contributed by atoms with Crippen molar-refractivity contribution >= 4 is 0 Å². The van der Waals surface area contributed by atoms with Gasteiger partial charge in [-0.25, -0.2) is 0 Å². The van der Waals surface area contributed by atoms with Crippen molar-refractivity contribution in [1.82, 2.24) is 0 Å². The van der Waals surface area contributed by atoms with Crippen LogP contribution in [0.4, 0.5) is 0 Å². The smallest absolute Gasteiger partial charge is 0.183 e. The maximum atomic E-state index is 10.9. The van der Waals surface area contributed by atoms with Gasteiger partial charge in [0.15, 0.2) is 25.2 Å². The summed E-state index contributed by atoms with van der Waals surface area (Å²) < 4.78 is 48.1. The third kappa shape index (κ3) is 23.9. The Morgan fingerprint density at radius 3 is 0.612 bits per heavy atom. The van der Waals surface area contributed by atoms with E-state index in [9.17, 15) is 20.4 Å². The van der Waals surface area contributed by atoms with Crippen LogP contribution in [0, 0.1) is 23.7 Å². The molecule has 4 aliphatic heterocycles. The second kappa shape index (κ2) is 34.8. The van der Waals surface area contributed by atoms with E-state index in [-0.39, 0.29) is 68.5 Å². The van der Waals surface area contributed by atoms with Gasteiger partial charge in [0.25, 0.3) is 0 Å². The SMILES string of the molecule is CCC1COC(c2cc(C(C)(C)C)c(O)c(C(C)(C)C)c2)OC1.CCCC1COC(c2cc(C(C)(C)C)c(O)c(C(C)(C)C)c2)OC1.CCCCC1COC(c2cc(C(C)(C)C)c(O)c(C(C)(C)C)c2)OC1.CCCCCC1COC(c2cc(C(C)(C)C)c(O)c(C(C)(C)C)c2)OC1. The Balaban J connectivity index is 0.000000236. The van der Waals surface area contributed by atoms with Gasteiger partial charge in [-0.15, -0.1) is 0 Å². The van der Waals surface area contributed by atoms with Gasteiger partial charge < -0.3 is 58.3 Å². The van der Waals surface area contributed by atoms with E-state index in [1.807, 2.05) is 12.1 Å². The Bertz CT molecular complexity index is 2950. The summed E-state index contributed by atoms with van der Waals surface area (Å²) in [6.45, 7) is 65.8. The lowest BCUT2D eigenvalue weighted by Crippen LogP contribution is -2.28. The Kier molecular flexibility index (Phi) is 30.0. The number of phenolic OH excluding ortho intramolecular Hbond substituents is 4. The number of hydrogen-bond donors (Lipinski definition) is 4. The lowest BCUT2D eigenvalue weighted by Gasteiger charge is -2.33. The lowest BCUT2D eigenvalue weighted by atomic mass is 9.78. The molecule has 4 heterocycles. The summed E-state index contributed by atoms with van der Waals surface area (Å²) in [7, 11) is 0. The van der Waals surface area contributed by atoms with Gasteiger partial charge in [0.2, 0.25) is 0 Å². The van der Waals surface area contributed by atoms with Crippen molar-refractivity contribution in [3.8, 4) is 23.0 Å². The molecule has 0 saturated carbocycles.